The van der Waals surface area contributed by atoms with E-state index in [4.69, 9.17) is 4.74 Å². The van der Waals surface area contributed by atoms with E-state index in [1.54, 1.807) is 0 Å². The summed E-state index contributed by atoms with van der Waals surface area (Å²) in [6.07, 6.45) is 6.22. The second-order valence-corrected chi connectivity index (χ2v) is 6.28. The molecular formula is C17H27NO2. The first kappa shape index (κ1) is 15.3. The summed E-state index contributed by atoms with van der Waals surface area (Å²) in [6.45, 7) is 4.29. The highest BCUT2D eigenvalue weighted by molar-refractivity contribution is 5.20. The fraction of sp³-hybridized carbons (Fsp3) is 0.647. The maximum Gasteiger partial charge on any atom is 0.119 e. The molecule has 1 aliphatic carbocycles. The minimum Gasteiger partial charge on any atom is -0.491 e. The van der Waals surface area contributed by atoms with Crippen molar-refractivity contribution in [2.75, 3.05) is 19.7 Å². The molecule has 1 fully saturated rings. The van der Waals surface area contributed by atoms with Crippen LogP contribution in [0.15, 0.2) is 30.3 Å². The topological polar surface area (TPSA) is 41.5 Å². The highest BCUT2D eigenvalue weighted by atomic mass is 16.5. The second-order valence-electron chi connectivity index (χ2n) is 6.28. The van der Waals surface area contributed by atoms with Crippen LogP contribution in [0, 0.1) is 5.41 Å². The Balaban J connectivity index is 1.61. The summed E-state index contributed by atoms with van der Waals surface area (Å²) in [7, 11) is 0. The van der Waals surface area contributed by atoms with Gasteiger partial charge < -0.3 is 15.2 Å². The van der Waals surface area contributed by atoms with E-state index in [-0.39, 0.29) is 0 Å². The average Bonchev–Trinajstić information content (AvgIpc) is 2.47. The standard InChI is InChI=1S/C17H27NO2/c1-17(10-6-3-7-11-17)14-18-12-15(19)13-20-16-8-4-2-5-9-16/h2,4-5,8-9,15,18-19H,3,6-7,10-14H2,1H3. The predicted molar refractivity (Wildman–Crippen MR) is 82.0 cm³/mol. The van der Waals surface area contributed by atoms with Crippen LogP contribution >= 0.6 is 0 Å². The third-order valence-electron chi connectivity index (χ3n) is 4.18. The molecule has 20 heavy (non-hydrogen) atoms. The molecule has 1 unspecified atom stereocenters. The van der Waals surface area contributed by atoms with Gasteiger partial charge in [0.2, 0.25) is 0 Å². The molecule has 1 atom stereocenters. The van der Waals surface area contributed by atoms with Crippen LogP contribution < -0.4 is 10.1 Å². The van der Waals surface area contributed by atoms with E-state index in [0.29, 0.717) is 18.6 Å². The lowest BCUT2D eigenvalue weighted by Crippen LogP contribution is -2.39. The summed E-state index contributed by atoms with van der Waals surface area (Å²) in [5, 5.41) is 13.3. The fourth-order valence-electron chi connectivity index (χ4n) is 2.89. The zero-order valence-corrected chi connectivity index (χ0v) is 12.5. The first-order chi connectivity index (χ1) is 9.68. The number of hydrogen-bond donors (Lipinski definition) is 2. The largest absolute Gasteiger partial charge is 0.491 e. The lowest BCUT2D eigenvalue weighted by Gasteiger charge is -2.34. The molecule has 1 aromatic rings. The van der Waals surface area contributed by atoms with Gasteiger partial charge in [0, 0.05) is 13.1 Å². The molecule has 0 radical (unpaired) electrons. The molecule has 2 rings (SSSR count). The molecule has 112 valence electrons. The molecule has 1 aromatic carbocycles. The van der Waals surface area contributed by atoms with Crippen molar-refractivity contribution >= 4 is 0 Å². The van der Waals surface area contributed by atoms with Gasteiger partial charge in [-0.15, -0.1) is 0 Å². The highest BCUT2D eigenvalue weighted by Gasteiger charge is 2.26. The van der Waals surface area contributed by atoms with Crippen molar-refractivity contribution in [1.29, 1.82) is 0 Å². The van der Waals surface area contributed by atoms with E-state index in [0.717, 1.165) is 12.3 Å². The molecule has 3 nitrogen and oxygen atoms in total. The summed E-state index contributed by atoms with van der Waals surface area (Å²) < 4.78 is 5.55. The third-order valence-corrected chi connectivity index (χ3v) is 4.18. The maximum atomic E-state index is 9.94. The second kappa shape index (κ2) is 7.65. The van der Waals surface area contributed by atoms with E-state index < -0.39 is 6.10 Å². The van der Waals surface area contributed by atoms with Crippen LogP contribution in [0.4, 0.5) is 0 Å². The van der Waals surface area contributed by atoms with Gasteiger partial charge in [0.05, 0.1) is 0 Å². The lowest BCUT2D eigenvalue weighted by molar-refractivity contribution is 0.100. The molecule has 3 heteroatoms. The minimum atomic E-state index is -0.456. The first-order valence-electron chi connectivity index (χ1n) is 7.75. The number of aliphatic hydroxyl groups excluding tert-OH is 1. The van der Waals surface area contributed by atoms with Crippen molar-refractivity contribution in [2.45, 2.75) is 45.1 Å². The number of rotatable bonds is 7. The predicted octanol–water partition coefficient (Wildman–Crippen LogP) is 2.99. The summed E-state index contributed by atoms with van der Waals surface area (Å²) >= 11 is 0. The Morgan fingerprint density at radius 2 is 1.90 bits per heavy atom. The van der Waals surface area contributed by atoms with Crippen molar-refractivity contribution in [3.63, 3.8) is 0 Å². The zero-order chi connectivity index (χ0) is 14.3. The molecule has 0 bridgehead atoms. The van der Waals surface area contributed by atoms with Crippen LogP contribution in [0.25, 0.3) is 0 Å². The number of ether oxygens (including phenoxy) is 1. The Bertz CT molecular complexity index is 374. The molecule has 1 saturated carbocycles. The number of para-hydroxylation sites is 1. The van der Waals surface area contributed by atoms with Crippen LogP contribution in [0.1, 0.15) is 39.0 Å². The van der Waals surface area contributed by atoms with Crippen molar-refractivity contribution in [1.82, 2.24) is 5.32 Å². The summed E-state index contributed by atoms with van der Waals surface area (Å²) in [5.41, 5.74) is 0.415. The van der Waals surface area contributed by atoms with Crippen molar-refractivity contribution in [3.05, 3.63) is 30.3 Å². The SMILES string of the molecule is CC1(CNCC(O)COc2ccccc2)CCCCC1. The smallest absolute Gasteiger partial charge is 0.119 e. The third kappa shape index (κ3) is 5.14. The van der Waals surface area contributed by atoms with Gasteiger partial charge in [0.25, 0.3) is 0 Å². The van der Waals surface area contributed by atoms with Crippen LogP contribution in [-0.4, -0.2) is 30.9 Å². The number of nitrogens with one attached hydrogen (secondary N) is 1. The monoisotopic (exact) mass is 277 g/mol. The van der Waals surface area contributed by atoms with Crippen molar-refractivity contribution in [2.24, 2.45) is 5.41 Å². The van der Waals surface area contributed by atoms with E-state index in [1.807, 2.05) is 30.3 Å². The van der Waals surface area contributed by atoms with E-state index in [1.165, 1.54) is 32.1 Å². The number of aliphatic hydroxyl groups is 1. The van der Waals surface area contributed by atoms with Gasteiger partial charge in [-0.1, -0.05) is 44.4 Å². The maximum absolute atomic E-state index is 9.94. The van der Waals surface area contributed by atoms with Crippen LogP contribution in [-0.2, 0) is 0 Å². The quantitative estimate of drug-likeness (QED) is 0.805. The minimum absolute atomic E-state index is 0.341. The van der Waals surface area contributed by atoms with Gasteiger partial charge in [-0.2, -0.15) is 0 Å². The van der Waals surface area contributed by atoms with Crippen LogP contribution in [0.5, 0.6) is 5.75 Å². The van der Waals surface area contributed by atoms with Crippen molar-refractivity contribution in [3.8, 4) is 5.75 Å². The molecule has 0 aliphatic heterocycles. The Kier molecular flexibility index (Phi) is 5.86. The summed E-state index contributed by atoms with van der Waals surface area (Å²) in [6, 6.07) is 9.63. The van der Waals surface area contributed by atoms with Gasteiger partial charge in [-0.05, 0) is 30.4 Å². The van der Waals surface area contributed by atoms with E-state index in [2.05, 4.69) is 12.2 Å². The molecule has 0 saturated heterocycles. The molecular weight excluding hydrogens is 250 g/mol. The Hall–Kier alpha value is -1.06. The summed E-state index contributed by atoms with van der Waals surface area (Å²) in [4.78, 5) is 0. The lowest BCUT2D eigenvalue weighted by atomic mass is 9.76. The zero-order valence-electron chi connectivity index (χ0n) is 12.5. The molecule has 0 spiro atoms. The van der Waals surface area contributed by atoms with E-state index in [9.17, 15) is 5.11 Å². The normalized spacial score (nSPS) is 19.5. The number of hydrogen-bond acceptors (Lipinski definition) is 3. The molecule has 0 amide bonds. The molecule has 0 heterocycles. The Morgan fingerprint density at radius 1 is 1.20 bits per heavy atom. The average molecular weight is 277 g/mol. The van der Waals surface area contributed by atoms with Crippen LogP contribution in [0.3, 0.4) is 0 Å². The first-order valence-corrected chi connectivity index (χ1v) is 7.75. The highest BCUT2D eigenvalue weighted by Crippen LogP contribution is 2.34. The molecule has 0 aromatic heterocycles. The van der Waals surface area contributed by atoms with Gasteiger partial charge >= 0.3 is 0 Å². The van der Waals surface area contributed by atoms with Gasteiger partial charge in [0.15, 0.2) is 0 Å². The van der Waals surface area contributed by atoms with Crippen LogP contribution in [0.2, 0.25) is 0 Å². The molecule has 2 N–H and O–H groups in total. The van der Waals surface area contributed by atoms with Crippen molar-refractivity contribution < 1.29 is 9.84 Å². The van der Waals surface area contributed by atoms with Gasteiger partial charge in [-0.25, -0.2) is 0 Å². The van der Waals surface area contributed by atoms with Gasteiger partial charge in [-0.3, -0.25) is 0 Å². The Morgan fingerprint density at radius 3 is 2.60 bits per heavy atom. The number of benzene rings is 1. The summed E-state index contributed by atoms with van der Waals surface area (Å²) in [5.74, 6) is 0.811. The molecule has 1 aliphatic rings. The Labute approximate surface area is 122 Å². The van der Waals surface area contributed by atoms with E-state index >= 15 is 0 Å². The fourth-order valence-corrected chi connectivity index (χ4v) is 2.89. The van der Waals surface area contributed by atoms with Gasteiger partial charge in [0.1, 0.15) is 18.5 Å².